The van der Waals surface area contributed by atoms with Crippen LogP contribution >= 0.6 is 0 Å². The fraction of sp³-hybridized carbons (Fsp3) is 0.308. The van der Waals surface area contributed by atoms with Crippen molar-refractivity contribution in [3.05, 3.63) is 41.4 Å². The van der Waals surface area contributed by atoms with E-state index in [0.717, 1.165) is 11.8 Å². The molecule has 0 aromatic heterocycles. The van der Waals surface area contributed by atoms with Gasteiger partial charge in [-0.2, -0.15) is 4.79 Å². The van der Waals surface area contributed by atoms with Crippen LogP contribution < -0.4 is 0 Å². The molecule has 1 aliphatic rings. The molecule has 1 amide bonds. The molecule has 6 nitrogen and oxygen atoms in total. The quantitative estimate of drug-likeness (QED) is 0.461. The Balaban J connectivity index is 1.75. The minimum Gasteiger partial charge on any atom is -0.445 e. The molecule has 1 heterocycles. The van der Waals surface area contributed by atoms with Crippen LogP contribution in [0.3, 0.4) is 0 Å². The van der Waals surface area contributed by atoms with E-state index in [9.17, 15) is 9.59 Å². The van der Waals surface area contributed by atoms with Crippen LogP contribution in [-0.2, 0) is 16.1 Å². The molecule has 1 fully saturated rings. The molecule has 98 valence electrons. The number of rotatable bonds is 4. The van der Waals surface area contributed by atoms with Gasteiger partial charge in [0.15, 0.2) is 0 Å². The van der Waals surface area contributed by atoms with Crippen LogP contribution in [0.2, 0.25) is 0 Å². The van der Waals surface area contributed by atoms with Crippen LogP contribution in [0.25, 0.3) is 5.53 Å². The van der Waals surface area contributed by atoms with Gasteiger partial charge in [0.2, 0.25) is 5.78 Å². The molecule has 1 aromatic rings. The lowest BCUT2D eigenvalue weighted by Crippen LogP contribution is -2.53. The topological polar surface area (TPSA) is 83.0 Å². The second-order valence-electron chi connectivity index (χ2n) is 4.29. The first kappa shape index (κ1) is 13.0. The number of carbonyl (C=O) groups excluding carboxylic acids is 2. The molecule has 1 aromatic carbocycles. The van der Waals surface area contributed by atoms with Gasteiger partial charge in [-0.1, -0.05) is 30.3 Å². The molecule has 0 unspecified atom stereocenters. The van der Waals surface area contributed by atoms with Gasteiger partial charge < -0.3 is 15.2 Å². The Kier molecular flexibility index (Phi) is 4.05. The van der Waals surface area contributed by atoms with Crippen molar-refractivity contribution in [2.45, 2.75) is 6.61 Å². The maximum atomic E-state index is 11.6. The number of nitrogens with zero attached hydrogens (tertiary/aromatic N) is 3. The fourth-order valence-electron chi connectivity index (χ4n) is 1.78. The Morgan fingerprint density at radius 3 is 2.68 bits per heavy atom. The number of amides is 1. The van der Waals surface area contributed by atoms with Gasteiger partial charge in [0.25, 0.3) is 0 Å². The van der Waals surface area contributed by atoms with E-state index >= 15 is 0 Å². The van der Waals surface area contributed by atoms with Crippen LogP contribution in [0.4, 0.5) is 4.79 Å². The zero-order valence-electron chi connectivity index (χ0n) is 10.2. The van der Waals surface area contributed by atoms with Crippen LogP contribution in [0, 0.1) is 5.92 Å². The number of hydrogen-bond donors (Lipinski definition) is 0. The summed E-state index contributed by atoms with van der Waals surface area (Å²) in [5, 5.41) is 0. The summed E-state index contributed by atoms with van der Waals surface area (Å²) in [4.78, 5) is 27.0. The number of likely N-dealkylation sites (tertiary alicyclic amines) is 1. The second kappa shape index (κ2) is 5.93. The summed E-state index contributed by atoms with van der Waals surface area (Å²) in [5.74, 6) is -0.574. The summed E-state index contributed by atoms with van der Waals surface area (Å²) in [5.41, 5.74) is 9.15. The molecular formula is C13H13N3O3. The van der Waals surface area contributed by atoms with Gasteiger partial charge in [0, 0.05) is 13.1 Å². The monoisotopic (exact) mass is 259 g/mol. The van der Waals surface area contributed by atoms with Crippen LogP contribution in [0.15, 0.2) is 30.3 Å². The van der Waals surface area contributed by atoms with Gasteiger partial charge >= 0.3 is 12.3 Å². The van der Waals surface area contributed by atoms with Gasteiger partial charge in [-0.3, -0.25) is 4.79 Å². The summed E-state index contributed by atoms with van der Waals surface area (Å²) in [6.07, 6.45) is 0.422. The molecule has 0 radical (unpaired) electrons. The zero-order valence-corrected chi connectivity index (χ0v) is 10.2. The van der Waals surface area contributed by atoms with Gasteiger partial charge in [-0.05, 0) is 5.56 Å². The lowest BCUT2D eigenvalue weighted by molar-refractivity contribution is -0.123. The third kappa shape index (κ3) is 3.26. The van der Waals surface area contributed by atoms with E-state index in [4.69, 9.17) is 10.3 Å². The van der Waals surface area contributed by atoms with Gasteiger partial charge in [-0.15, -0.1) is 0 Å². The molecule has 0 aliphatic carbocycles. The Hall–Kier alpha value is -2.46. The molecule has 1 saturated heterocycles. The number of hydrogen-bond acceptors (Lipinski definition) is 3. The predicted octanol–water partition coefficient (Wildman–Crippen LogP) is 1.12. The average Bonchev–Trinajstić information content (AvgIpc) is 2.36. The van der Waals surface area contributed by atoms with E-state index < -0.39 is 6.09 Å². The third-order valence-electron chi connectivity index (χ3n) is 2.93. The van der Waals surface area contributed by atoms with Gasteiger partial charge in [0.05, 0.1) is 5.92 Å². The van der Waals surface area contributed by atoms with Crippen molar-refractivity contribution in [1.29, 1.82) is 0 Å². The third-order valence-corrected chi connectivity index (χ3v) is 2.93. The summed E-state index contributed by atoms with van der Waals surface area (Å²) >= 11 is 0. The first-order valence-corrected chi connectivity index (χ1v) is 5.87. The van der Waals surface area contributed by atoms with Crippen LogP contribution in [0.5, 0.6) is 0 Å². The second-order valence-corrected chi connectivity index (χ2v) is 4.29. The SMILES string of the molecule is [N-]=[N+]=CC(=O)C1CN(C(=O)OCc2ccccc2)C1. The molecule has 19 heavy (non-hydrogen) atoms. The predicted molar refractivity (Wildman–Crippen MR) is 66.4 cm³/mol. The zero-order chi connectivity index (χ0) is 13.7. The molecule has 0 bridgehead atoms. The maximum Gasteiger partial charge on any atom is 0.410 e. The molecular weight excluding hydrogens is 246 g/mol. The molecule has 2 rings (SSSR count). The average molecular weight is 259 g/mol. The molecule has 0 saturated carbocycles. The van der Waals surface area contributed by atoms with Crippen molar-refractivity contribution in [3.8, 4) is 0 Å². The Morgan fingerprint density at radius 1 is 1.37 bits per heavy atom. The molecule has 0 N–H and O–H groups in total. The van der Waals surface area contributed by atoms with Crippen molar-refractivity contribution >= 4 is 18.1 Å². The van der Waals surface area contributed by atoms with Gasteiger partial charge in [0.1, 0.15) is 6.61 Å². The van der Waals surface area contributed by atoms with E-state index in [1.807, 2.05) is 30.3 Å². The smallest absolute Gasteiger partial charge is 0.410 e. The normalized spacial score (nSPS) is 14.2. The Morgan fingerprint density at radius 2 is 2.05 bits per heavy atom. The van der Waals surface area contributed by atoms with E-state index in [0.29, 0.717) is 13.1 Å². The fourth-order valence-corrected chi connectivity index (χ4v) is 1.78. The Labute approximate surface area is 110 Å². The van der Waals surface area contributed by atoms with Crippen molar-refractivity contribution in [2.24, 2.45) is 5.92 Å². The first-order chi connectivity index (χ1) is 9.20. The first-order valence-electron chi connectivity index (χ1n) is 5.87. The number of ketones is 1. The highest BCUT2D eigenvalue weighted by molar-refractivity contribution is 6.26. The lowest BCUT2D eigenvalue weighted by Gasteiger charge is -2.35. The molecule has 6 heteroatoms. The summed E-state index contributed by atoms with van der Waals surface area (Å²) in [6.45, 7) is 0.823. The number of benzene rings is 1. The number of Topliss-reactive ketones (excluding diaryl/α,β-unsaturated/α-hetero) is 1. The van der Waals surface area contributed by atoms with Gasteiger partial charge in [-0.25, -0.2) is 4.79 Å². The van der Waals surface area contributed by atoms with Crippen molar-refractivity contribution < 1.29 is 19.1 Å². The highest BCUT2D eigenvalue weighted by Gasteiger charge is 2.37. The minimum atomic E-state index is -0.436. The number of carbonyl (C=O) groups is 2. The summed E-state index contributed by atoms with van der Waals surface area (Å²) in [7, 11) is 0. The molecule has 0 spiro atoms. The van der Waals surface area contributed by atoms with E-state index in [1.54, 1.807) is 0 Å². The number of ether oxygens (including phenoxy) is 1. The molecule has 0 atom stereocenters. The maximum absolute atomic E-state index is 11.6. The van der Waals surface area contributed by atoms with Crippen molar-refractivity contribution in [3.63, 3.8) is 0 Å². The largest absolute Gasteiger partial charge is 0.445 e. The highest BCUT2D eigenvalue weighted by Crippen LogP contribution is 2.17. The molecule has 1 aliphatic heterocycles. The van der Waals surface area contributed by atoms with Crippen molar-refractivity contribution in [1.82, 2.24) is 4.90 Å². The standard InChI is InChI=1S/C13H13N3O3/c14-15-6-12(17)11-7-16(8-11)13(18)19-9-10-4-2-1-3-5-10/h1-6,11H,7-9H2. The van der Waals surface area contributed by atoms with E-state index in [-0.39, 0.29) is 18.3 Å². The van der Waals surface area contributed by atoms with E-state index in [2.05, 4.69) is 4.79 Å². The van der Waals surface area contributed by atoms with Crippen LogP contribution in [0.1, 0.15) is 5.56 Å². The Bertz CT molecular complexity index is 517. The highest BCUT2D eigenvalue weighted by atomic mass is 16.6. The summed E-state index contributed by atoms with van der Waals surface area (Å²) < 4.78 is 5.11. The van der Waals surface area contributed by atoms with Crippen LogP contribution in [-0.4, -0.2) is 40.9 Å². The van der Waals surface area contributed by atoms with E-state index in [1.165, 1.54) is 4.90 Å². The summed E-state index contributed by atoms with van der Waals surface area (Å²) in [6, 6.07) is 9.37. The minimum absolute atomic E-state index is 0.215. The lowest BCUT2D eigenvalue weighted by atomic mass is 9.96. The van der Waals surface area contributed by atoms with Crippen molar-refractivity contribution in [2.75, 3.05) is 13.1 Å².